The highest BCUT2D eigenvalue weighted by Gasteiger charge is 2.23. The Kier molecular flexibility index (Phi) is 12.4. The van der Waals surface area contributed by atoms with Crippen LogP contribution in [0.2, 0.25) is 0 Å². The number of hydrogen-bond acceptors (Lipinski definition) is 5. The minimum atomic E-state index is 0.327. The van der Waals surface area contributed by atoms with Gasteiger partial charge in [0.2, 0.25) is 0 Å². The SMILES string of the molecule is C=C/C=C\C(=C/C)N(C(/C=C(\C=C)c1ccncc1)=C/C)c1ccc(C2=CC=C(C3C=CC(N(c4cccnc4)c4cccc(-c5ccncc5)c4)=CC3)C2)cc1. The highest BCUT2D eigenvalue weighted by atomic mass is 15.2. The molecule has 0 aliphatic heterocycles. The highest BCUT2D eigenvalue weighted by molar-refractivity contribution is 5.80. The number of anilines is 3. The minimum absolute atomic E-state index is 0.327. The van der Waals surface area contributed by atoms with E-state index >= 15 is 0 Å². The molecule has 0 fully saturated rings. The summed E-state index contributed by atoms with van der Waals surface area (Å²) in [5.74, 6) is 0.327. The molecule has 5 nitrogen and oxygen atoms in total. The van der Waals surface area contributed by atoms with Crippen LogP contribution in [0.15, 0.2) is 231 Å². The van der Waals surface area contributed by atoms with Gasteiger partial charge in [-0.1, -0.05) is 97.7 Å². The van der Waals surface area contributed by atoms with Crippen LogP contribution in [-0.4, -0.2) is 15.0 Å². The summed E-state index contributed by atoms with van der Waals surface area (Å²) >= 11 is 0. The van der Waals surface area contributed by atoms with Gasteiger partial charge in [0.1, 0.15) is 0 Å². The van der Waals surface area contributed by atoms with Gasteiger partial charge in [0, 0.05) is 65.4 Å². The summed E-state index contributed by atoms with van der Waals surface area (Å²) in [6, 6.07) is 29.8. The first-order chi connectivity index (χ1) is 28.1. The molecule has 1 unspecified atom stereocenters. The van der Waals surface area contributed by atoms with Crippen molar-refractivity contribution >= 4 is 28.2 Å². The molecular formula is C52H47N5. The second kappa shape index (κ2) is 18.5. The zero-order chi connectivity index (χ0) is 39.4. The molecule has 5 aromatic rings. The molecule has 0 spiro atoms. The quantitative estimate of drug-likeness (QED) is 0.106. The zero-order valence-corrected chi connectivity index (χ0v) is 32.6. The maximum atomic E-state index is 4.46. The molecule has 2 aliphatic carbocycles. The van der Waals surface area contributed by atoms with E-state index < -0.39 is 0 Å². The standard InChI is InChI=1S/C52H47N5/c1-5-9-13-47(7-3)56(48(8-4)36-39(6-2)42-26-31-53-32-27-42)49-22-18-40(19-23-49)45-16-17-46(35-45)41-20-24-50(25-21-41)57(52-15-11-30-55-38-52)51-14-10-12-44(37-51)43-28-33-54-34-29-43/h5-20,22-34,36-38,41H,1-2,21,35H2,3-4H3/b13-9-,39-36+,47-7+,48-8+. The first-order valence-corrected chi connectivity index (χ1v) is 19.4. The summed E-state index contributed by atoms with van der Waals surface area (Å²) < 4.78 is 0. The van der Waals surface area contributed by atoms with Crippen LogP contribution in [0.5, 0.6) is 0 Å². The molecule has 280 valence electrons. The Bertz CT molecular complexity index is 2440. The van der Waals surface area contributed by atoms with Crippen LogP contribution >= 0.6 is 0 Å². The molecule has 0 saturated heterocycles. The van der Waals surface area contributed by atoms with E-state index in [2.05, 4.69) is 161 Å². The maximum Gasteiger partial charge on any atom is 0.0644 e. The Labute approximate surface area is 337 Å². The predicted octanol–water partition coefficient (Wildman–Crippen LogP) is 13.2. The molecule has 0 bridgehead atoms. The molecular weight excluding hydrogens is 695 g/mol. The Hall–Kier alpha value is -7.11. The second-order valence-corrected chi connectivity index (χ2v) is 13.7. The van der Waals surface area contributed by atoms with E-state index in [-0.39, 0.29) is 0 Å². The zero-order valence-electron chi connectivity index (χ0n) is 32.6. The summed E-state index contributed by atoms with van der Waals surface area (Å²) in [5.41, 5.74) is 14.7. The van der Waals surface area contributed by atoms with Crippen molar-refractivity contribution in [3.63, 3.8) is 0 Å². The fourth-order valence-corrected chi connectivity index (χ4v) is 7.33. The Morgan fingerprint density at radius 1 is 0.719 bits per heavy atom. The van der Waals surface area contributed by atoms with Gasteiger partial charge in [0.05, 0.1) is 11.9 Å². The van der Waals surface area contributed by atoms with Crippen molar-refractivity contribution in [3.05, 3.63) is 242 Å². The molecule has 0 N–H and O–H groups in total. The summed E-state index contributed by atoms with van der Waals surface area (Å²) in [6.45, 7) is 12.1. The van der Waals surface area contributed by atoms with Crippen LogP contribution < -0.4 is 9.80 Å². The van der Waals surface area contributed by atoms with Crippen molar-refractivity contribution in [2.24, 2.45) is 5.92 Å². The Morgan fingerprint density at radius 2 is 1.47 bits per heavy atom. The van der Waals surface area contributed by atoms with Gasteiger partial charge in [-0.3, -0.25) is 15.0 Å². The van der Waals surface area contributed by atoms with Crippen molar-refractivity contribution < 1.29 is 0 Å². The fourth-order valence-electron chi connectivity index (χ4n) is 7.33. The van der Waals surface area contributed by atoms with E-state index in [0.29, 0.717) is 5.92 Å². The predicted molar refractivity (Wildman–Crippen MR) is 240 cm³/mol. The van der Waals surface area contributed by atoms with Gasteiger partial charge < -0.3 is 9.80 Å². The van der Waals surface area contributed by atoms with Crippen LogP contribution in [0.4, 0.5) is 17.1 Å². The third-order valence-corrected chi connectivity index (χ3v) is 10.3. The first kappa shape index (κ1) is 38.2. The molecule has 3 aromatic heterocycles. The maximum absolute atomic E-state index is 4.46. The number of nitrogens with zero attached hydrogens (tertiary/aromatic N) is 5. The summed E-state index contributed by atoms with van der Waals surface area (Å²) in [5, 5.41) is 0. The fraction of sp³-hybridized carbons (Fsp3) is 0.0962. The van der Waals surface area contributed by atoms with Gasteiger partial charge in [-0.25, -0.2) is 0 Å². The number of pyridine rings is 3. The summed E-state index contributed by atoms with van der Waals surface area (Å²) in [7, 11) is 0. The van der Waals surface area contributed by atoms with Gasteiger partial charge in [-0.15, -0.1) is 0 Å². The smallest absolute Gasteiger partial charge is 0.0644 e. The average Bonchev–Trinajstić information content (AvgIpc) is 3.78. The lowest BCUT2D eigenvalue weighted by Gasteiger charge is -2.29. The third-order valence-electron chi connectivity index (χ3n) is 10.3. The molecule has 5 heteroatoms. The van der Waals surface area contributed by atoms with Gasteiger partial charge in [0.15, 0.2) is 0 Å². The molecule has 0 saturated carbocycles. The molecule has 2 aliphatic rings. The van der Waals surface area contributed by atoms with Crippen LogP contribution in [0.1, 0.15) is 37.8 Å². The molecule has 1 atom stereocenters. The van der Waals surface area contributed by atoms with Crippen molar-refractivity contribution in [2.45, 2.75) is 26.7 Å². The van der Waals surface area contributed by atoms with Gasteiger partial charge >= 0.3 is 0 Å². The van der Waals surface area contributed by atoms with Crippen LogP contribution in [0.25, 0.3) is 22.3 Å². The van der Waals surface area contributed by atoms with Crippen LogP contribution in [-0.2, 0) is 0 Å². The van der Waals surface area contributed by atoms with E-state index in [1.165, 1.54) is 16.7 Å². The molecule has 2 aromatic carbocycles. The van der Waals surface area contributed by atoms with Crippen molar-refractivity contribution in [1.29, 1.82) is 0 Å². The van der Waals surface area contributed by atoms with E-state index in [1.807, 2.05) is 79.7 Å². The van der Waals surface area contributed by atoms with Gasteiger partial charge in [-0.05, 0) is 139 Å². The Balaban J connectivity index is 1.08. The molecule has 0 amide bonds. The number of benzene rings is 2. The van der Waals surface area contributed by atoms with E-state index in [1.54, 1.807) is 6.08 Å². The summed E-state index contributed by atoms with van der Waals surface area (Å²) in [6.07, 6.45) is 38.6. The lowest BCUT2D eigenvalue weighted by Crippen LogP contribution is -2.20. The average molecular weight is 742 g/mol. The lowest BCUT2D eigenvalue weighted by atomic mass is 9.88. The molecule has 57 heavy (non-hydrogen) atoms. The van der Waals surface area contributed by atoms with E-state index in [0.717, 1.165) is 69.3 Å². The number of aromatic nitrogens is 3. The number of hydrogen-bond donors (Lipinski definition) is 0. The topological polar surface area (TPSA) is 45.2 Å². The highest BCUT2D eigenvalue weighted by Crippen LogP contribution is 2.40. The largest absolute Gasteiger partial charge is 0.311 e. The van der Waals surface area contributed by atoms with E-state index in [4.69, 9.17) is 0 Å². The van der Waals surface area contributed by atoms with Crippen molar-refractivity contribution in [2.75, 3.05) is 9.80 Å². The van der Waals surface area contributed by atoms with Crippen molar-refractivity contribution in [1.82, 2.24) is 15.0 Å². The van der Waals surface area contributed by atoms with E-state index in [9.17, 15) is 0 Å². The monoisotopic (exact) mass is 741 g/mol. The number of rotatable bonds is 14. The normalized spacial score (nSPS) is 15.9. The lowest BCUT2D eigenvalue weighted by molar-refractivity contribution is 0.746. The van der Waals surface area contributed by atoms with Gasteiger partial charge in [-0.2, -0.15) is 0 Å². The minimum Gasteiger partial charge on any atom is -0.311 e. The summed E-state index contributed by atoms with van der Waals surface area (Å²) in [4.78, 5) is 17.4. The molecule has 7 rings (SSSR count). The second-order valence-electron chi connectivity index (χ2n) is 13.7. The van der Waals surface area contributed by atoms with Crippen LogP contribution in [0, 0.1) is 5.92 Å². The third kappa shape index (κ3) is 8.90. The van der Waals surface area contributed by atoms with Crippen LogP contribution in [0.3, 0.4) is 0 Å². The molecule has 0 radical (unpaired) electrons. The Morgan fingerprint density at radius 3 is 2.14 bits per heavy atom. The van der Waals surface area contributed by atoms with Crippen molar-refractivity contribution in [3.8, 4) is 11.1 Å². The number of allylic oxidation sites excluding steroid dienone is 15. The first-order valence-electron chi connectivity index (χ1n) is 19.4. The molecule has 3 heterocycles. The van der Waals surface area contributed by atoms with Gasteiger partial charge in [0.25, 0.3) is 0 Å².